The second-order valence-corrected chi connectivity index (χ2v) is 4.56. The van der Waals surface area contributed by atoms with Crippen LogP contribution in [0.3, 0.4) is 0 Å². The molecule has 0 fully saturated rings. The van der Waals surface area contributed by atoms with Gasteiger partial charge < -0.3 is 5.32 Å². The number of para-hydroxylation sites is 1. The molecule has 0 spiro atoms. The number of carbonyl (C=O) groups excluding carboxylic acids is 1. The van der Waals surface area contributed by atoms with Gasteiger partial charge in [0.15, 0.2) is 0 Å². The van der Waals surface area contributed by atoms with E-state index in [9.17, 15) is 13.6 Å². The molecule has 0 radical (unpaired) electrons. The summed E-state index contributed by atoms with van der Waals surface area (Å²) < 4.78 is 28.3. The second kappa shape index (κ2) is 5.77. The van der Waals surface area contributed by atoms with Gasteiger partial charge in [-0.05, 0) is 24.3 Å². The van der Waals surface area contributed by atoms with E-state index in [-0.39, 0.29) is 11.4 Å². The minimum Gasteiger partial charge on any atom is -0.318 e. The zero-order chi connectivity index (χ0) is 15.5. The van der Waals surface area contributed by atoms with Crippen molar-refractivity contribution < 1.29 is 13.6 Å². The third-order valence-corrected chi connectivity index (χ3v) is 3.08. The summed E-state index contributed by atoms with van der Waals surface area (Å²) in [6.07, 6.45) is 2.84. The summed E-state index contributed by atoms with van der Waals surface area (Å²) in [5.41, 5.74) is 0.741. The highest BCUT2D eigenvalue weighted by atomic mass is 19.1. The monoisotopic (exact) mass is 299 g/mol. The fourth-order valence-corrected chi connectivity index (χ4v) is 2.04. The quantitative estimate of drug-likeness (QED) is 0.805. The summed E-state index contributed by atoms with van der Waals surface area (Å²) in [4.78, 5) is 16.2. The van der Waals surface area contributed by atoms with Crippen molar-refractivity contribution in [1.29, 1.82) is 0 Å². The Labute approximate surface area is 125 Å². The molecular weight excluding hydrogens is 288 g/mol. The van der Waals surface area contributed by atoms with Crippen LogP contribution in [0.4, 0.5) is 14.5 Å². The number of halogens is 2. The normalized spacial score (nSPS) is 10.5. The molecule has 0 bridgehead atoms. The van der Waals surface area contributed by atoms with Gasteiger partial charge in [0.25, 0.3) is 5.91 Å². The van der Waals surface area contributed by atoms with Crippen LogP contribution in [0, 0.1) is 11.6 Å². The first-order valence-corrected chi connectivity index (χ1v) is 6.49. The lowest BCUT2D eigenvalue weighted by Crippen LogP contribution is -2.17. The summed E-state index contributed by atoms with van der Waals surface area (Å²) in [6.45, 7) is 0. The summed E-state index contributed by atoms with van der Waals surface area (Å²) >= 11 is 0. The molecule has 110 valence electrons. The Morgan fingerprint density at radius 2 is 1.86 bits per heavy atom. The summed E-state index contributed by atoms with van der Waals surface area (Å²) in [7, 11) is 0. The van der Waals surface area contributed by atoms with Gasteiger partial charge in [0.1, 0.15) is 17.3 Å². The molecule has 4 nitrogen and oxygen atoms in total. The van der Waals surface area contributed by atoms with E-state index in [1.807, 2.05) is 18.2 Å². The fourth-order valence-electron chi connectivity index (χ4n) is 2.04. The van der Waals surface area contributed by atoms with Crippen molar-refractivity contribution in [3.63, 3.8) is 0 Å². The number of nitrogens with one attached hydrogen (secondary N) is 1. The second-order valence-electron chi connectivity index (χ2n) is 4.56. The van der Waals surface area contributed by atoms with Crippen molar-refractivity contribution >= 4 is 11.6 Å². The number of amides is 1. The van der Waals surface area contributed by atoms with E-state index in [0.717, 1.165) is 23.9 Å². The van der Waals surface area contributed by atoms with Crippen LogP contribution < -0.4 is 5.32 Å². The number of nitrogens with zero attached hydrogens (tertiary/aromatic N) is 2. The molecule has 1 N–H and O–H groups in total. The van der Waals surface area contributed by atoms with Crippen LogP contribution in [0.1, 0.15) is 10.5 Å². The molecule has 0 saturated heterocycles. The molecule has 0 unspecified atom stereocenters. The van der Waals surface area contributed by atoms with Crippen molar-refractivity contribution in [1.82, 2.24) is 9.55 Å². The molecule has 3 rings (SSSR count). The van der Waals surface area contributed by atoms with Gasteiger partial charge in [-0.25, -0.2) is 13.8 Å². The molecule has 0 saturated carbocycles. The zero-order valence-electron chi connectivity index (χ0n) is 11.3. The van der Waals surface area contributed by atoms with Crippen molar-refractivity contribution in [2.45, 2.75) is 0 Å². The number of hydrogen-bond acceptors (Lipinski definition) is 2. The van der Waals surface area contributed by atoms with Gasteiger partial charge in [-0.2, -0.15) is 0 Å². The maximum absolute atomic E-state index is 13.6. The highest BCUT2D eigenvalue weighted by Crippen LogP contribution is 2.17. The smallest absolute Gasteiger partial charge is 0.274 e. The van der Waals surface area contributed by atoms with E-state index in [1.165, 1.54) is 12.5 Å². The van der Waals surface area contributed by atoms with Crippen molar-refractivity contribution in [2.24, 2.45) is 0 Å². The molecule has 3 aromatic rings. The number of rotatable bonds is 3. The number of imidazole rings is 1. The average molecular weight is 299 g/mol. The molecule has 22 heavy (non-hydrogen) atoms. The van der Waals surface area contributed by atoms with Crippen LogP contribution in [0.15, 0.2) is 61.1 Å². The average Bonchev–Trinajstić information content (AvgIpc) is 3.01. The minimum atomic E-state index is -0.708. The highest BCUT2D eigenvalue weighted by Gasteiger charge is 2.15. The number of anilines is 1. The SMILES string of the molecule is O=C(Nc1cc(F)ccc1F)c1cncn1-c1ccccc1. The lowest BCUT2D eigenvalue weighted by atomic mass is 10.2. The Morgan fingerprint density at radius 1 is 1.09 bits per heavy atom. The first kappa shape index (κ1) is 13.9. The third-order valence-electron chi connectivity index (χ3n) is 3.08. The summed E-state index contributed by atoms with van der Waals surface area (Å²) in [5, 5.41) is 2.35. The van der Waals surface area contributed by atoms with E-state index in [4.69, 9.17) is 0 Å². The molecule has 1 amide bonds. The Balaban J connectivity index is 1.91. The first-order chi connectivity index (χ1) is 10.6. The molecule has 0 aliphatic heterocycles. The molecule has 2 aromatic carbocycles. The van der Waals surface area contributed by atoms with Gasteiger partial charge in [-0.1, -0.05) is 18.2 Å². The van der Waals surface area contributed by atoms with Gasteiger partial charge >= 0.3 is 0 Å². The topological polar surface area (TPSA) is 46.9 Å². The van der Waals surface area contributed by atoms with E-state index < -0.39 is 17.5 Å². The van der Waals surface area contributed by atoms with Crippen molar-refractivity contribution in [3.8, 4) is 5.69 Å². The fraction of sp³-hybridized carbons (Fsp3) is 0. The van der Waals surface area contributed by atoms with Crippen LogP contribution >= 0.6 is 0 Å². The lowest BCUT2D eigenvalue weighted by Gasteiger charge is -2.09. The van der Waals surface area contributed by atoms with Crippen molar-refractivity contribution in [2.75, 3.05) is 5.32 Å². The van der Waals surface area contributed by atoms with Gasteiger partial charge in [0.05, 0.1) is 18.2 Å². The molecule has 0 aliphatic carbocycles. The number of benzene rings is 2. The van der Waals surface area contributed by atoms with E-state index in [1.54, 1.807) is 16.7 Å². The van der Waals surface area contributed by atoms with Gasteiger partial charge in [-0.15, -0.1) is 0 Å². The Kier molecular flexibility index (Phi) is 3.65. The van der Waals surface area contributed by atoms with Crippen LogP contribution in [0.2, 0.25) is 0 Å². The standard InChI is InChI=1S/C16H11F2N3O/c17-11-6-7-13(18)14(8-11)20-16(22)15-9-19-10-21(15)12-4-2-1-3-5-12/h1-10H,(H,20,22). The third kappa shape index (κ3) is 2.71. The van der Waals surface area contributed by atoms with Crippen LogP contribution in [-0.4, -0.2) is 15.5 Å². The first-order valence-electron chi connectivity index (χ1n) is 6.49. The van der Waals surface area contributed by atoms with Crippen LogP contribution in [-0.2, 0) is 0 Å². The number of carbonyl (C=O) groups is 1. The lowest BCUT2D eigenvalue weighted by molar-refractivity contribution is 0.102. The van der Waals surface area contributed by atoms with E-state index in [0.29, 0.717) is 0 Å². The van der Waals surface area contributed by atoms with E-state index >= 15 is 0 Å². The zero-order valence-corrected chi connectivity index (χ0v) is 11.3. The Hall–Kier alpha value is -3.02. The van der Waals surface area contributed by atoms with Crippen LogP contribution in [0.25, 0.3) is 5.69 Å². The minimum absolute atomic E-state index is 0.217. The Morgan fingerprint density at radius 3 is 2.64 bits per heavy atom. The van der Waals surface area contributed by atoms with Crippen LogP contribution in [0.5, 0.6) is 0 Å². The van der Waals surface area contributed by atoms with Gasteiger partial charge in [0.2, 0.25) is 0 Å². The largest absolute Gasteiger partial charge is 0.318 e. The molecule has 1 heterocycles. The summed E-state index contributed by atoms with van der Waals surface area (Å²) in [5.74, 6) is -1.92. The highest BCUT2D eigenvalue weighted by molar-refractivity contribution is 6.03. The predicted molar refractivity (Wildman–Crippen MR) is 77.9 cm³/mol. The van der Waals surface area contributed by atoms with Gasteiger partial charge in [-0.3, -0.25) is 9.36 Å². The number of aromatic nitrogens is 2. The molecule has 0 atom stereocenters. The summed E-state index contributed by atoms with van der Waals surface area (Å²) in [6, 6.07) is 12.0. The maximum atomic E-state index is 13.6. The predicted octanol–water partition coefficient (Wildman–Crippen LogP) is 3.40. The molecule has 6 heteroatoms. The van der Waals surface area contributed by atoms with Gasteiger partial charge in [0, 0.05) is 11.8 Å². The maximum Gasteiger partial charge on any atom is 0.274 e. The molecule has 1 aromatic heterocycles. The number of hydrogen-bond donors (Lipinski definition) is 1. The Bertz CT molecular complexity index is 815. The molecule has 0 aliphatic rings. The van der Waals surface area contributed by atoms with E-state index in [2.05, 4.69) is 10.3 Å². The van der Waals surface area contributed by atoms with Crippen molar-refractivity contribution in [3.05, 3.63) is 78.4 Å². The molecular formula is C16H11F2N3O.